The number of carbonyl (C=O) groups is 2. The number of amides is 2. The Hall–Kier alpha value is -2.67. The number of halogens is 2. The van der Waals surface area contributed by atoms with Gasteiger partial charge in [0.2, 0.25) is 11.8 Å². The van der Waals surface area contributed by atoms with Gasteiger partial charge in [-0.1, -0.05) is 22.0 Å². The zero-order valence-corrected chi connectivity index (χ0v) is 16.6. The number of H-pyrrole nitrogens is 1. The molecular weight excluding hydrogens is 425 g/mol. The Balaban J connectivity index is 1.38. The molecule has 0 unspecified atom stereocenters. The highest BCUT2D eigenvalue weighted by atomic mass is 79.9. The van der Waals surface area contributed by atoms with Crippen LogP contribution in [-0.2, 0) is 16.0 Å². The number of nitrogens with one attached hydrogen (secondary N) is 2. The Morgan fingerprint density at radius 1 is 1.29 bits per heavy atom. The number of nitrogens with zero attached hydrogens (tertiary/aromatic N) is 1. The van der Waals surface area contributed by atoms with E-state index in [0.717, 1.165) is 20.9 Å². The number of hydrogen-bond acceptors (Lipinski definition) is 2. The summed E-state index contributed by atoms with van der Waals surface area (Å²) in [5.41, 5.74) is 2.53. The molecule has 4 rings (SSSR count). The molecule has 0 bridgehead atoms. The summed E-state index contributed by atoms with van der Waals surface area (Å²) in [5.74, 6) is -0.828. The second-order valence-corrected chi connectivity index (χ2v) is 7.91. The lowest BCUT2D eigenvalue weighted by Crippen LogP contribution is -2.30. The van der Waals surface area contributed by atoms with E-state index in [1.807, 2.05) is 30.5 Å². The highest BCUT2D eigenvalue weighted by Crippen LogP contribution is 2.24. The first-order valence-electron chi connectivity index (χ1n) is 9.09. The van der Waals surface area contributed by atoms with Gasteiger partial charge in [-0.15, -0.1) is 0 Å². The quantitative estimate of drug-likeness (QED) is 0.623. The summed E-state index contributed by atoms with van der Waals surface area (Å²) < 4.78 is 14.4. The number of anilines is 1. The average Bonchev–Trinajstić information content (AvgIpc) is 3.23. The Morgan fingerprint density at radius 3 is 2.96 bits per heavy atom. The third-order valence-electron chi connectivity index (χ3n) is 5.06. The lowest BCUT2D eigenvalue weighted by Gasteiger charge is -2.16. The number of aromatic nitrogens is 1. The van der Waals surface area contributed by atoms with Gasteiger partial charge < -0.3 is 15.2 Å². The summed E-state index contributed by atoms with van der Waals surface area (Å²) in [6, 6.07) is 12.0. The molecule has 3 aromatic rings. The molecule has 5 nitrogen and oxygen atoms in total. The first-order chi connectivity index (χ1) is 13.5. The van der Waals surface area contributed by atoms with Gasteiger partial charge in [0.15, 0.2) is 0 Å². The predicted octanol–water partition coefficient (Wildman–Crippen LogP) is 4.10. The summed E-state index contributed by atoms with van der Waals surface area (Å²) in [5, 5.41) is 3.70. The molecule has 28 heavy (non-hydrogen) atoms. The lowest BCUT2D eigenvalue weighted by molar-refractivity contribution is -0.128. The van der Waals surface area contributed by atoms with Crippen molar-refractivity contribution >= 4 is 44.3 Å². The topological polar surface area (TPSA) is 65.2 Å². The van der Waals surface area contributed by atoms with Crippen LogP contribution in [0.5, 0.6) is 0 Å². The minimum absolute atomic E-state index is 0.0274. The largest absolute Gasteiger partial charge is 0.361 e. The number of rotatable bonds is 5. The monoisotopic (exact) mass is 443 g/mol. The van der Waals surface area contributed by atoms with E-state index in [0.29, 0.717) is 25.2 Å². The van der Waals surface area contributed by atoms with E-state index in [-0.39, 0.29) is 30.0 Å². The first-order valence-corrected chi connectivity index (χ1v) is 9.88. The van der Waals surface area contributed by atoms with Crippen molar-refractivity contribution in [2.24, 2.45) is 5.92 Å². The van der Waals surface area contributed by atoms with Crippen LogP contribution in [0, 0.1) is 11.7 Å². The van der Waals surface area contributed by atoms with Crippen molar-refractivity contribution < 1.29 is 14.0 Å². The lowest BCUT2D eigenvalue weighted by atomic mass is 10.1. The van der Waals surface area contributed by atoms with Crippen molar-refractivity contribution in [2.45, 2.75) is 12.8 Å². The normalized spacial score (nSPS) is 16.7. The molecule has 0 saturated carbocycles. The summed E-state index contributed by atoms with van der Waals surface area (Å²) >= 11 is 3.38. The molecule has 1 aliphatic heterocycles. The fourth-order valence-electron chi connectivity index (χ4n) is 3.59. The van der Waals surface area contributed by atoms with Crippen LogP contribution >= 0.6 is 15.9 Å². The number of hydrogen-bond donors (Lipinski definition) is 2. The van der Waals surface area contributed by atoms with Gasteiger partial charge in [0.1, 0.15) is 5.82 Å². The SMILES string of the molecule is O=C(Nc1cccc(Br)c1)[C@@H]1CC(=O)N(CCc2c[nH]c3ccc(F)cc23)C1. The summed E-state index contributed by atoms with van der Waals surface area (Å²) in [4.78, 5) is 29.7. The molecule has 2 aromatic carbocycles. The molecule has 1 fully saturated rings. The Labute approximate surface area is 170 Å². The van der Waals surface area contributed by atoms with Crippen LogP contribution in [-0.4, -0.2) is 34.8 Å². The number of carbonyl (C=O) groups excluding carboxylic acids is 2. The van der Waals surface area contributed by atoms with Crippen LogP contribution in [0.15, 0.2) is 53.1 Å². The van der Waals surface area contributed by atoms with Gasteiger partial charge in [-0.05, 0) is 48.4 Å². The maximum absolute atomic E-state index is 13.5. The fraction of sp³-hybridized carbons (Fsp3) is 0.238. The second kappa shape index (κ2) is 7.75. The molecule has 2 amide bonds. The minimum Gasteiger partial charge on any atom is -0.361 e. The fourth-order valence-corrected chi connectivity index (χ4v) is 3.99. The summed E-state index contributed by atoms with van der Waals surface area (Å²) in [7, 11) is 0. The van der Waals surface area contributed by atoms with Crippen LogP contribution in [0.4, 0.5) is 10.1 Å². The maximum Gasteiger partial charge on any atom is 0.229 e. The van der Waals surface area contributed by atoms with Crippen molar-refractivity contribution in [3.8, 4) is 0 Å². The zero-order chi connectivity index (χ0) is 19.7. The molecule has 2 heterocycles. The summed E-state index contributed by atoms with van der Waals surface area (Å²) in [6.07, 6.45) is 2.67. The third kappa shape index (κ3) is 3.94. The van der Waals surface area contributed by atoms with E-state index in [1.165, 1.54) is 12.1 Å². The van der Waals surface area contributed by atoms with E-state index in [9.17, 15) is 14.0 Å². The first kappa shape index (κ1) is 18.7. The third-order valence-corrected chi connectivity index (χ3v) is 5.55. The van der Waals surface area contributed by atoms with Crippen molar-refractivity contribution in [3.05, 3.63) is 64.5 Å². The predicted molar refractivity (Wildman–Crippen MR) is 109 cm³/mol. The van der Waals surface area contributed by atoms with E-state index < -0.39 is 0 Å². The number of likely N-dealkylation sites (tertiary alicyclic amines) is 1. The van der Waals surface area contributed by atoms with Crippen LogP contribution < -0.4 is 5.32 Å². The van der Waals surface area contributed by atoms with Gasteiger partial charge >= 0.3 is 0 Å². The van der Waals surface area contributed by atoms with Crippen molar-refractivity contribution in [2.75, 3.05) is 18.4 Å². The van der Waals surface area contributed by atoms with Gasteiger partial charge in [-0.25, -0.2) is 4.39 Å². The second-order valence-electron chi connectivity index (χ2n) is 6.99. The molecule has 2 N–H and O–H groups in total. The van der Waals surface area contributed by atoms with Crippen LogP contribution in [0.25, 0.3) is 10.9 Å². The van der Waals surface area contributed by atoms with Crippen molar-refractivity contribution in [1.82, 2.24) is 9.88 Å². The number of fused-ring (bicyclic) bond motifs is 1. The van der Waals surface area contributed by atoms with Gasteiger partial charge in [0.05, 0.1) is 5.92 Å². The van der Waals surface area contributed by atoms with Crippen LogP contribution in [0.2, 0.25) is 0 Å². The highest BCUT2D eigenvalue weighted by molar-refractivity contribution is 9.10. The molecule has 1 saturated heterocycles. The van der Waals surface area contributed by atoms with E-state index >= 15 is 0 Å². The van der Waals surface area contributed by atoms with Crippen LogP contribution in [0.3, 0.4) is 0 Å². The van der Waals surface area contributed by atoms with Gasteiger partial charge in [-0.3, -0.25) is 9.59 Å². The van der Waals surface area contributed by atoms with Gasteiger partial charge in [-0.2, -0.15) is 0 Å². The average molecular weight is 444 g/mol. The minimum atomic E-state index is -0.369. The van der Waals surface area contributed by atoms with E-state index in [1.54, 1.807) is 11.0 Å². The molecule has 7 heteroatoms. The zero-order valence-electron chi connectivity index (χ0n) is 15.0. The molecule has 1 atom stereocenters. The molecule has 144 valence electrons. The smallest absolute Gasteiger partial charge is 0.229 e. The Kier molecular flexibility index (Phi) is 5.17. The Bertz CT molecular complexity index is 1050. The Morgan fingerprint density at radius 2 is 2.14 bits per heavy atom. The molecule has 1 aliphatic rings. The van der Waals surface area contributed by atoms with E-state index in [2.05, 4.69) is 26.2 Å². The summed E-state index contributed by atoms with van der Waals surface area (Å²) in [6.45, 7) is 0.901. The van der Waals surface area contributed by atoms with Crippen LogP contribution in [0.1, 0.15) is 12.0 Å². The standard InChI is InChI=1S/C21H19BrFN3O2/c22-15-2-1-3-17(9-15)25-21(28)14-8-20(27)26(12-14)7-6-13-11-24-19-5-4-16(23)10-18(13)19/h1-5,9-11,14,24H,6-8,12H2,(H,25,28)/t14-/m1/s1. The highest BCUT2D eigenvalue weighted by Gasteiger charge is 2.34. The van der Waals surface area contributed by atoms with Gasteiger partial charge in [0.25, 0.3) is 0 Å². The number of aromatic amines is 1. The molecule has 0 spiro atoms. The van der Waals surface area contributed by atoms with Crippen molar-refractivity contribution in [3.63, 3.8) is 0 Å². The molecule has 0 radical (unpaired) electrons. The number of benzene rings is 2. The molecular formula is C21H19BrFN3O2. The molecule has 0 aliphatic carbocycles. The van der Waals surface area contributed by atoms with E-state index in [4.69, 9.17) is 0 Å². The molecule has 1 aromatic heterocycles. The van der Waals surface area contributed by atoms with Gasteiger partial charge in [0, 0.05) is 46.8 Å². The maximum atomic E-state index is 13.5. The van der Waals surface area contributed by atoms with Crippen molar-refractivity contribution in [1.29, 1.82) is 0 Å².